The summed E-state index contributed by atoms with van der Waals surface area (Å²) in [6, 6.07) is 2.17. The molecule has 0 aliphatic heterocycles. The van der Waals surface area contributed by atoms with Crippen molar-refractivity contribution in [1.82, 2.24) is 4.98 Å². The molecule has 3 unspecified atom stereocenters. The van der Waals surface area contributed by atoms with Gasteiger partial charge in [0.05, 0.1) is 13.3 Å². The minimum absolute atomic E-state index is 0.756. The maximum absolute atomic E-state index is 5.23. The Bertz CT molecular complexity index is 363. The van der Waals surface area contributed by atoms with Gasteiger partial charge in [0.2, 0.25) is 0 Å². The molecule has 2 aliphatic rings. The van der Waals surface area contributed by atoms with Crippen LogP contribution in [0.4, 0.5) is 0 Å². The van der Waals surface area contributed by atoms with Crippen molar-refractivity contribution in [3.8, 4) is 5.75 Å². The van der Waals surface area contributed by atoms with E-state index in [1.165, 1.54) is 31.2 Å². The van der Waals surface area contributed by atoms with Gasteiger partial charge in [0.1, 0.15) is 5.75 Å². The molecule has 2 fully saturated rings. The van der Waals surface area contributed by atoms with E-state index in [1.54, 1.807) is 13.3 Å². The lowest BCUT2D eigenvalue weighted by Gasteiger charge is -2.21. The van der Waals surface area contributed by atoms with Crippen molar-refractivity contribution in [3.63, 3.8) is 0 Å². The molecule has 15 heavy (non-hydrogen) atoms. The number of ether oxygens (including phenoxy) is 1. The first kappa shape index (κ1) is 9.20. The van der Waals surface area contributed by atoms with Gasteiger partial charge < -0.3 is 4.74 Å². The Morgan fingerprint density at radius 2 is 2.20 bits per heavy atom. The summed E-state index contributed by atoms with van der Waals surface area (Å²) in [4.78, 5) is 4.26. The van der Waals surface area contributed by atoms with Crippen LogP contribution in [-0.4, -0.2) is 12.1 Å². The van der Waals surface area contributed by atoms with Gasteiger partial charge in [-0.3, -0.25) is 4.98 Å². The molecule has 1 aromatic rings. The summed E-state index contributed by atoms with van der Waals surface area (Å²) in [5, 5.41) is 0. The summed E-state index contributed by atoms with van der Waals surface area (Å²) >= 11 is 0. The Balaban J connectivity index is 1.86. The van der Waals surface area contributed by atoms with Gasteiger partial charge in [0.15, 0.2) is 0 Å². The molecule has 2 heteroatoms. The van der Waals surface area contributed by atoms with Crippen LogP contribution >= 0.6 is 0 Å². The van der Waals surface area contributed by atoms with Crippen molar-refractivity contribution >= 4 is 0 Å². The number of nitrogens with zero attached hydrogens (tertiary/aromatic N) is 1. The van der Waals surface area contributed by atoms with Crippen LogP contribution in [-0.2, 0) is 0 Å². The van der Waals surface area contributed by atoms with Gasteiger partial charge in [-0.15, -0.1) is 0 Å². The first-order chi connectivity index (χ1) is 7.36. The van der Waals surface area contributed by atoms with Crippen molar-refractivity contribution < 1.29 is 4.74 Å². The zero-order valence-electron chi connectivity index (χ0n) is 9.15. The Morgan fingerprint density at radius 1 is 1.27 bits per heavy atom. The maximum Gasteiger partial charge on any atom is 0.137 e. The number of pyridine rings is 1. The number of fused-ring (bicyclic) bond motifs is 2. The van der Waals surface area contributed by atoms with Crippen LogP contribution in [0.25, 0.3) is 0 Å². The van der Waals surface area contributed by atoms with Crippen molar-refractivity contribution in [1.29, 1.82) is 0 Å². The molecule has 0 saturated heterocycles. The van der Waals surface area contributed by atoms with E-state index in [4.69, 9.17) is 4.74 Å². The Labute approximate surface area is 90.7 Å². The summed E-state index contributed by atoms with van der Waals surface area (Å²) in [6.07, 6.45) is 9.51. The Hall–Kier alpha value is -1.05. The first-order valence-electron chi connectivity index (χ1n) is 5.85. The van der Waals surface area contributed by atoms with E-state index in [-0.39, 0.29) is 0 Å². The van der Waals surface area contributed by atoms with Crippen molar-refractivity contribution in [2.24, 2.45) is 11.8 Å². The minimum Gasteiger partial charge on any atom is -0.495 e. The molecule has 0 amide bonds. The second-order valence-corrected chi connectivity index (χ2v) is 4.94. The maximum atomic E-state index is 5.23. The molecule has 0 spiro atoms. The summed E-state index contributed by atoms with van der Waals surface area (Å²) < 4.78 is 5.23. The lowest BCUT2D eigenvalue weighted by atomic mass is 9.84. The van der Waals surface area contributed by atoms with Crippen molar-refractivity contribution in [2.75, 3.05) is 7.11 Å². The Morgan fingerprint density at radius 3 is 2.87 bits per heavy atom. The van der Waals surface area contributed by atoms with E-state index in [0.717, 1.165) is 23.5 Å². The highest BCUT2D eigenvalue weighted by Crippen LogP contribution is 2.52. The van der Waals surface area contributed by atoms with E-state index in [9.17, 15) is 0 Å². The highest BCUT2D eigenvalue weighted by atomic mass is 16.5. The van der Waals surface area contributed by atoms with Crippen molar-refractivity contribution in [2.45, 2.75) is 31.6 Å². The van der Waals surface area contributed by atoms with Gasteiger partial charge in [0, 0.05) is 6.20 Å². The second kappa shape index (κ2) is 3.51. The van der Waals surface area contributed by atoms with Gasteiger partial charge in [-0.1, -0.05) is 6.42 Å². The summed E-state index contributed by atoms with van der Waals surface area (Å²) in [5.41, 5.74) is 1.39. The molecule has 3 atom stereocenters. The highest BCUT2D eigenvalue weighted by Gasteiger charge is 2.40. The molecular weight excluding hydrogens is 186 g/mol. The smallest absolute Gasteiger partial charge is 0.137 e. The van der Waals surface area contributed by atoms with E-state index >= 15 is 0 Å². The molecule has 2 saturated carbocycles. The topological polar surface area (TPSA) is 22.1 Å². The van der Waals surface area contributed by atoms with E-state index in [1.807, 2.05) is 6.20 Å². The summed E-state index contributed by atoms with van der Waals surface area (Å²) in [5.74, 6) is 3.57. The fourth-order valence-corrected chi connectivity index (χ4v) is 3.40. The number of methoxy groups -OCH3 is 1. The molecule has 80 valence electrons. The monoisotopic (exact) mass is 203 g/mol. The predicted octanol–water partition coefficient (Wildman–Crippen LogP) is 2.99. The standard InChI is InChI=1S/C13H17NO/c1-15-12-6-11(7-14-8-12)13-5-9-2-3-10(13)4-9/h6-10,13H,2-5H2,1H3. The van der Waals surface area contributed by atoms with Crippen LogP contribution in [0.5, 0.6) is 5.75 Å². The zero-order chi connectivity index (χ0) is 10.3. The third kappa shape index (κ3) is 1.52. The third-order valence-electron chi connectivity index (χ3n) is 4.14. The van der Waals surface area contributed by atoms with Crippen LogP contribution in [0, 0.1) is 11.8 Å². The van der Waals surface area contributed by atoms with Crippen LogP contribution in [0.15, 0.2) is 18.5 Å². The number of hydrogen-bond acceptors (Lipinski definition) is 2. The molecule has 0 aromatic carbocycles. The van der Waals surface area contributed by atoms with Crippen LogP contribution < -0.4 is 4.74 Å². The van der Waals surface area contributed by atoms with Crippen LogP contribution in [0.1, 0.15) is 37.2 Å². The van der Waals surface area contributed by atoms with Gasteiger partial charge in [-0.25, -0.2) is 0 Å². The fraction of sp³-hybridized carbons (Fsp3) is 0.615. The quantitative estimate of drug-likeness (QED) is 0.737. The van der Waals surface area contributed by atoms with E-state index in [2.05, 4.69) is 11.1 Å². The SMILES string of the molecule is COc1cncc(C2CC3CCC2C3)c1. The van der Waals surface area contributed by atoms with Gasteiger partial charge in [-0.05, 0) is 48.6 Å². The van der Waals surface area contributed by atoms with Gasteiger partial charge in [0.25, 0.3) is 0 Å². The number of hydrogen-bond donors (Lipinski definition) is 0. The molecule has 3 rings (SSSR count). The molecule has 1 aromatic heterocycles. The summed E-state index contributed by atoms with van der Waals surface area (Å²) in [6.45, 7) is 0. The molecule has 2 bridgehead atoms. The average Bonchev–Trinajstić information content (AvgIpc) is 2.91. The highest BCUT2D eigenvalue weighted by molar-refractivity contribution is 5.28. The minimum atomic E-state index is 0.756. The lowest BCUT2D eigenvalue weighted by molar-refractivity contribution is 0.401. The largest absolute Gasteiger partial charge is 0.495 e. The third-order valence-corrected chi connectivity index (χ3v) is 4.14. The number of rotatable bonds is 2. The predicted molar refractivity (Wildman–Crippen MR) is 59.0 cm³/mol. The summed E-state index contributed by atoms with van der Waals surface area (Å²) in [7, 11) is 1.71. The normalized spacial score (nSPS) is 33.3. The fourth-order valence-electron chi connectivity index (χ4n) is 3.40. The van der Waals surface area contributed by atoms with E-state index in [0.29, 0.717) is 0 Å². The van der Waals surface area contributed by atoms with E-state index < -0.39 is 0 Å². The molecule has 2 nitrogen and oxygen atoms in total. The first-order valence-corrected chi connectivity index (χ1v) is 5.85. The van der Waals surface area contributed by atoms with Gasteiger partial charge in [-0.2, -0.15) is 0 Å². The zero-order valence-corrected chi connectivity index (χ0v) is 9.15. The van der Waals surface area contributed by atoms with Crippen LogP contribution in [0.2, 0.25) is 0 Å². The second-order valence-electron chi connectivity index (χ2n) is 4.94. The molecule has 0 radical (unpaired) electrons. The average molecular weight is 203 g/mol. The molecular formula is C13H17NO. The lowest BCUT2D eigenvalue weighted by Crippen LogP contribution is -2.08. The van der Waals surface area contributed by atoms with Crippen molar-refractivity contribution in [3.05, 3.63) is 24.0 Å². The Kier molecular flexibility index (Phi) is 2.15. The number of aromatic nitrogens is 1. The molecule has 1 heterocycles. The van der Waals surface area contributed by atoms with Crippen LogP contribution in [0.3, 0.4) is 0 Å². The molecule has 0 N–H and O–H groups in total. The van der Waals surface area contributed by atoms with Gasteiger partial charge >= 0.3 is 0 Å². The molecule has 2 aliphatic carbocycles.